The Morgan fingerprint density at radius 1 is 1.13 bits per heavy atom. The number of aryl methyl sites for hydroxylation is 2. The number of hydrogen-bond donors (Lipinski definition) is 1. The number of rotatable bonds is 4. The molecule has 0 bridgehead atoms. The summed E-state index contributed by atoms with van der Waals surface area (Å²) in [4.78, 5) is 4.60. The van der Waals surface area contributed by atoms with E-state index in [1.165, 1.54) is 16.7 Å². The van der Waals surface area contributed by atoms with Gasteiger partial charge < -0.3 is 9.73 Å². The van der Waals surface area contributed by atoms with Gasteiger partial charge in [-0.15, -0.1) is 0 Å². The Morgan fingerprint density at radius 3 is 2.83 bits per heavy atom. The fourth-order valence-corrected chi connectivity index (χ4v) is 3.21. The first kappa shape index (κ1) is 14.2. The molecule has 3 nitrogen and oxygen atoms in total. The Balaban J connectivity index is 1.44. The average Bonchev–Trinajstić information content (AvgIpc) is 3.20. The van der Waals surface area contributed by atoms with Crippen molar-refractivity contribution in [2.45, 2.75) is 32.4 Å². The molecule has 1 aliphatic carbocycles. The molecule has 3 aromatic rings. The van der Waals surface area contributed by atoms with E-state index in [-0.39, 0.29) is 0 Å². The van der Waals surface area contributed by atoms with Crippen LogP contribution >= 0.6 is 0 Å². The molecule has 0 fully saturated rings. The lowest BCUT2D eigenvalue weighted by atomic mass is 10.1. The van der Waals surface area contributed by atoms with Crippen molar-refractivity contribution in [3.8, 4) is 11.5 Å². The summed E-state index contributed by atoms with van der Waals surface area (Å²) in [6.45, 7) is 2.81. The standard InChI is InChI=1S/C20H20N2O/c1-14-6-8-16(9-7-14)20-22-17(13-23-20)12-21-19-11-10-15-4-2-3-5-18(15)19/h2-9,13,19,21H,10-12H2,1H3. The fourth-order valence-electron chi connectivity index (χ4n) is 3.21. The molecule has 4 rings (SSSR count). The van der Waals surface area contributed by atoms with Crippen molar-refractivity contribution in [1.82, 2.24) is 10.3 Å². The smallest absolute Gasteiger partial charge is 0.226 e. The first-order chi connectivity index (χ1) is 11.3. The van der Waals surface area contributed by atoms with E-state index in [2.05, 4.69) is 53.6 Å². The molecular weight excluding hydrogens is 284 g/mol. The van der Waals surface area contributed by atoms with Crippen molar-refractivity contribution in [1.29, 1.82) is 0 Å². The molecule has 0 spiro atoms. The zero-order chi connectivity index (χ0) is 15.6. The lowest BCUT2D eigenvalue weighted by Crippen LogP contribution is -2.18. The zero-order valence-corrected chi connectivity index (χ0v) is 13.3. The van der Waals surface area contributed by atoms with E-state index in [1.807, 2.05) is 12.1 Å². The third-order valence-corrected chi connectivity index (χ3v) is 4.51. The molecule has 0 amide bonds. The van der Waals surface area contributed by atoms with E-state index in [1.54, 1.807) is 6.26 Å². The lowest BCUT2D eigenvalue weighted by molar-refractivity contribution is 0.521. The fraction of sp³-hybridized carbons (Fsp3) is 0.250. The molecular formula is C20H20N2O. The molecule has 0 saturated carbocycles. The second kappa shape index (κ2) is 6.01. The highest BCUT2D eigenvalue weighted by atomic mass is 16.3. The van der Waals surface area contributed by atoms with Gasteiger partial charge in [0.25, 0.3) is 0 Å². The van der Waals surface area contributed by atoms with Gasteiger partial charge in [-0.05, 0) is 43.0 Å². The van der Waals surface area contributed by atoms with Crippen molar-refractivity contribution in [3.63, 3.8) is 0 Å². The first-order valence-electron chi connectivity index (χ1n) is 8.12. The molecule has 3 heteroatoms. The lowest BCUT2D eigenvalue weighted by Gasteiger charge is -2.12. The number of nitrogens with one attached hydrogen (secondary N) is 1. The van der Waals surface area contributed by atoms with Crippen molar-refractivity contribution >= 4 is 0 Å². The summed E-state index contributed by atoms with van der Waals surface area (Å²) >= 11 is 0. The zero-order valence-electron chi connectivity index (χ0n) is 13.3. The third kappa shape index (κ3) is 2.92. The quantitative estimate of drug-likeness (QED) is 0.775. The molecule has 0 saturated heterocycles. The van der Waals surface area contributed by atoms with Gasteiger partial charge in [0.1, 0.15) is 6.26 Å². The van der Waals surface area contributed by atoms with Gasteiger partial charge in [0.05, 0.1) is 5.69 Å². The summed E-state index contributed by atoms with van der Waals surface area (Å²) in [5, 5.41) is 3.61. The number of fused-ring (bicyclic) bond motifs is 1. The molecule has 1 aromatic heterocycles. The minimum Gasteiger partial charge on any atom is -0.444 e. The molecule has 23 heavy (non-hydrogen) atoms. The Bertz CT molecular complexity index is 805. The van der Waals surface area contributed by atoms with E-state index in [0.29, 0.717) is 11.9 Å². The van der Waals surface area contributed by atoms with Gasteiger partial charge in [-0.3, -0.25) is 0 Å². The van der Waals surface area contributed by atoms with Crippen LogP contribution in [0.4, 0.5) is 0 Å². The highest BCUT2D eigenvalue weighted by Crippen LogP contribution is 2.31. The molecule has 116 valence electrons. The van der Waals surface area contributed by atoms with Crippen LogP contribution in [0.3, 0.4) is 0 Å². The molecule has 1 aliphatic rings. The summed E-state index contributed by atoms with van der Waals surface area (Å²) in [6, 6.07) is 17.3. The minimum absolute atomic E-state index is 0.422. The van der Waals surface area contributed by atoms with Gasteiger partial charge >= 0.3 is 0 Å². The van der Waals surface area contributed by atoms with Crippen LogP contribution in [0.5, 0.6) is 0 Å². The summed E-state index contributed by atoms with van der Waals surface area (Å²) in [5.74, 6) is 0.689. The molecule has 1 atom stereocenters. The number of hydrogen-bond acceptors (Lipinski definition) is 3. The maximum absolute atomic E-state index is 5.62. The van der Waals surface area contributed by atoms with Crippen LogP contribution in [0.1, 0.15) is 34.8 Å². The largest absolute Gasteiger partial charge is 0.444 e. The summed E-state index contributed by atoms with van der Waals surface area (Å²) < 4.78 is 5.62. The molecule has 2 aromatic carbocycles. The van der Waals surface area contributed by atoms with Crippen molar-refractivity contribution in [3.05, 3.63) is 77.2 Å². The summed E-state index contributed by atoms with van der Waals surface area (Å²) in [7, 11) is 0. The molecule has 1 unspecified atom stereocenters. The van der Waals surface area contributed by atoms with Gasteiger partial charge in [0.2, 0.25) is 5.89 Å². The molecule has 1 N–H and O–H groups in total. The van der Waals surface area contributed by atoms with Crippen LogP contribution in [0.15, 0.2) is 59.2 Å². The predicted molar refractivity (Wildman–Crippen MR) is 91.0 cm³/mol. The van der Waals surface area contributed by atoms with Crippen LogP contribution in [-0.4, -0.2) is 4.98 Å². The predicted octanol–water partition coefficient (Wildman–Crippen LogP) is 4.43. The number of aromatic nitrogens is 1. The Hall–Kier alpha value is -2.39. The van der Waals surface area contributed by atoms with E-state index in [0.717, 1.165) is 30.6 Å². The maximum atomic E-state index is 5.62. The van der Waals surface area contributed by atoms with Gasteiger partial charge in [-0.25, -0.2) is 4.98 Å². The molecule has 1 heterocycles. The summed E-state index contributed by atoms with van der Waals surface area (Å²) in [5.41, 5.74) is 6.10. The van der Waals surface area contributed by atoms with E-state index in [9.17, 15) is 0 Å². The highest BCUT2D eigenvalue weighted by Gasteiger charge is 2.21. The van der Waals surface area contributed by atoms with Crippen molar-refractivity contribution in [2.24, 2.45) is 0 Å². The SMILES string of the molecule is Cc1ccc(-c2nc(CNC3CCc4ccccc43)co2)cc1. The van der Waals surface area contributed by atoms with Crippen LogP contribution in [0.25, 0.3) is 11.5 Å². The van der Waals surface area contributed by atoms with Gasteiger partial charge in [-0.2, -0.15) is 0 Å². The third-order valence-electron chi connectivity index (χ3n) is 4.51. The van der Waals surface area contributed by atoms with Crippen molar-refractivity contribution < 1.29 is 4.42 Å². The van der Waals surface area contributed by atoms with Crippen LogP contribution in [0, 0.1) is 6.92 Å². The summed E-state index contributed by atoms with van der Waals surface area (Å²) in [6.07, 6.45) is 4.06. The number of nitrogens with zero attached hydrogens (tertiary/aromatic N) is 1. The van der Waals surface area contributed by atoms with E-state index < -0.39 is 0 Å². The Labute approximate surface area is 136 Å². The first-order valence-corrected chi connectivity index (χ1v) is 8.12. The minimum atomic E-state index is 0.422. The Morgan fingerprint density at radius 2 is 1.96 bits per heavy atom. The highest BCUT2D eigenvalue weighted by molar-refractivity contribution is 5.53. The topological polar surface area (TPSA) is 38.1 Å². The number of oxazole rings is 1. The average molecular weight is 304 g/mol. The van der Waals surface area contributed by atoms with Crippen LogP contribution in [0.2, 0.25) is 0 Å². The maximum Gasteiger partial charge on any atom is 0.226 e. The van der Waals surface area contributed by atoms with Gasteiger partial charge in [-0.1, -0.05) is 42.0 Å². The van der Waals surface area contributed by atoms with Crippen LogP contribution in [-0.2, 0) is 13.0 Å². The second-order valence-corrected chi connectivity index (χ2v) is 6.18. The van der Waals surface area contributed by atoms with Gasteiger partial charge in [0.15, 0.2) is 0 Å². The van der Waals surface area contributed by atoms with E-state index >= 15 is 0 Å². The molecule has 0 aliphatic heterocycles. The van der Waals surface area contributed by atoms with Gasteiger partial charge in [0, 0.05) is 18.2 Å². The normalized spacial score (nSPS) is 16.5. The Kier molecular flexibility index (Phi) is 3.72. The second-order valence-electron chi connectivity index (χ2n) is 6.18. The van der Waals surface area contributed by atoms with Crippen molar-refractivity contribution in [2.75, 3.05) is 0 Å². The van der Waals surface area contributed by atoms with E-state index in [4.69, 9.17) is 4.42 Å². The van der Waals surface area contributed by atoms with Crippen LogP contribution < -0.4 is 5.32 Å². The monoisotopic (exact) mass is 304 g/mol. The number of benzene rings is 2. The molecule has 0 radical (unpaired) electrons.